The van der Waals surface area contributed by atoms with E-state index in [1.807, 2.05) is 0 Å². The zero-order chi connectivity index (χ0) is 20.4. The molecule has 2 atom stereocenters. The SMILES string of the molecule is CCCCC(CC)CCC(=O)/C(C#N)=C1\C=C(NC(C)CC)CC(C)(C)C1. The molecule has 2 unspecified atom stereocenters. The number of carbonyl (C=O) groups excluding carboxylic acids is 1. The second-order valence-electron chi connectivity index (χ2n) is 9.03. The second kappa shape index (κ2) is 11.3. The average Bonchev–Trinajstić information content (AvgIpc) is 2.61. The zero-order valence-electron chi connectivity index (χ0n) is 18.5. The lowest BCUT2D eigenvalue weighted by molar-refractivity contribution is -0.115. The van der Waals surface area contributed by atoms with E-state index in [1.165, 1.54) is 19.3 Å². The van der Waals surface area contributed by atoms with Gasteiger partial charge >= 0.3 is 0 Å². The van der Waals surface area contributed by atoms with Crippen LogP contribution in [-0.4, -0.2) is 11.8 Å². The number of nitrogens with one attached hydrogen (secondary N) is 1. The minimum atomic E-state index is 0.0271. The van der Waals surface area contributed by atoms with Crippen molar-refractivity contribution in [2.75, 3.05) is 0 Å². The monoisotopic (exact) mass is 372 g/mol. The van der Waals surface area contributed by atoms with E-state index in [0.29, 0.717) is 24.0 Å². The van der Waals surface area contributed by atoms with Gasteiger partial charge in [0.25, 0.3) is 0 Å². The summed E-state index contributed by atoms with van der Waals surface area (Å²) in [4.78, 5) is 12.8. The number of ketones is 1. The summed E-state index contributed by atoms with van der Waals surface area (Å²) in [5.41, 5.74) is 2.53. The average molecular weight is 373 g/mol. The van der Waals surface area contributed by atoms with Crippen LogP contribution in [0.25, 0.3) is 0 Å². The lowest BCUT2D eigenvalue weighted by atomic mass is 9.75. The number of rotatable bonds is 11. The van der Waals surface area contributed by atoms with Crippen molar-refractivity contribution in [2.45, 2.75) is 105 Å². The van der Waals surface area contributed by atoms with Gasteiger partial charge in [-0.3, -0.25) is 4.79 Å². The number of hydrogen-bond acceptors (Lipinski definition) is 3. The van der Waals surface area contributed by atoms with Crippen molar-refractivity contribution in [3.63, 3.8) is 0 Å². The first-order valence-electron chi connectivity index (χ1n) is 10.9. The van der Waals surface area contributed by atoms with Gasteiger partial charge in [-0.15, -0.1) is 0 Å². The quantitative estimate of drug-likeness (QED) is 0.334. The number of carbonyl (C=O) groups is 1. The zero-order valence-corrected chi connectivity index (χ0v) is 18.5. The molecule has 0 heterocycles. The fourth-order valence-corrected chi connectivity index (χ4v) is 3.90. The van der Waals surface area contributed by atoms with E-state index in [2.05, 4.69) is 59.0 Å². The van der Waals surface area contributed by atoms with Gasteiger partial charge in [0, 0.05) is 18.2 Å². The molecule has 0 aromatic carbocycles. The van der Waals surface area contributed by atoms with Crippen LogP contribution in [0.4, 0.5) is 0 Å². The van der Waals surface area contributed by atoms with Gasteiger partial charge in [0.1, 0.15) is 6.07 Å². The molecule has 1 aliphatic carbocycles. The van der Waals surface area contributed by atoms with Crippen LogP contribution >= 0.6 is 0 Å². The van der Waals surface area contributed by atoms with E-state index in [9.17, 15) is 10.1 Å². The van der Waals surface area contributed by atoms with Gasteiger partial charge in [-0.05, 0) is 55.6 Å². The molecule has 1 N–H and O–H groups in total. The number of nitrogens with zero attached hydrogens (tertiary/aromatic N) is 1. The van der Waals surface area contributed by atoms with Crippen LogP contribution in [0.3, 0.4) is 0 Å². The molecule has 0 fully saturated rings. The summed E-state index contributed by atoms with van der Waals surface area (Å²) in [5.74, 6) is 0.624. The Morgan fingerprint density at radius 2 is 1.93 bits per heavy atom. The molecule has 1 rings (SSSR count). The van der Waals surface area contributed by atoms with Gasteiger partial charge in [-0.1, -0.05) is 60.3 Å². The third-order valence-electron chi connectivity index (χ3n) is 5.77. The maximum absolute atomic E-state index is 12.8. The molecular formula is C24H40N2O. The Hall–Kier alpha value is -1.56. The summed E-state index contributed by atoms with van der Waals surface area (Å²) in [6.45, 7) is 13.2. The van der Waals surface area contributed by atoms with Crippen LogP contribution in [0.1, 0.15) is 99.3 Å². The summed E-state index contributed by atoms with van der Waals surface area (Å²) in [6.07, 6.45) is 11.0. The number of hydrogen-bond donors (Lipinski definition) is 1. The minimum absolute atomic E-state index is 0.0271. The van der Waals surface area contributed by atoms with Gasteiger partial charge in [0.05, 0.1) is 5.57 Å². The number of Topliss-reactive ketones (excluding diaryl/α,β-unsaturated/α-hetero) is 1. The van der Waals surface area contributed by atoms with Gasteiger partial charge in [-0.2, -0.15) is 5.26 Å². The van der Waals surface area contributed by atoms with Crippen molar-refractivity contribution in [3.05, 3.63) is 22.9 Å². The molecule has 0 aliphatic heterocycles. The van der Waals surface area contributed by atoms with Crippen molar-refractivity contribution in [1.82, 2.24) is 5.32 Å². The summed E-state index contributed by atoms with van der Waals surface area (Å²) >= 11 is 0. The summed E-state index contributed by atoms with van der Waals surface area (Å²) in [5, 5.41) is 13.3. The van der Waals surface area contributed by atoms with Crippen molar-refractivity contribution in [1.29, 1.82) is 5.26 Å². The van der Waals surface area contributed by atoms with E-state index in [1.54, 1.807) is 0 Å². The maximum atomic E-state index is 12.8. The Morgan fingerprint density at radius 3 is 2.48 bits per heavy atom. The van der Waals surface area contributed by atoms with Crippen LogP contribution in [0.5, 0.6) is 0 Å². The summed E-state index contributed by atoms with van der Waals surface area (Å²) in [7, 11) is 0. The van der Waals surface area contributed by atoms with Crippen LogP contribution in [0.15, 0.2) is 22.9 Å². The Kier molecular flexibility index (Phi) is 9.84. The van der Waals surface area contributed by atoms with Gasteiger partial charge in [-0.25, -0.2) is 0 Å². The molecule has 0 amide bonds. The standard InChI is InChI=1S/C24H40N2O/c1-7-10-11-19(9-3)12-13-23(27)22(17-25)20-14-21(26-18(4)8-2)16-24(5,6)15-20/h14,18-19,26H,7-13,15-16H2,1-6H3/b22-20+. The van der Waals surface area contributed by atoms with E-state index >= 15 is 0 Å². The minimum Gasteiger partial charge on any atom is -0.386 e. The predicted molar refractivity (Wildman–Crippen MR) is 114 cm³/mol. The molecule has 0 aromatic rings. The van der Waals surface area contributed by atoms with Gasteiger partial charge < -0.3 is 5.32 Å². The molecule has 0 bridgehead atoms. The molecule has 0 radical (unpaired) electrons. The molecule has 3 heteroatoms. The lowest BCUT2D eigenvalue weighted by Gasteiger charge is -2.33. The third-order valence-corrected chi connectivity index (χ3v) is 5.77. The van der Waals surface area contributed by atoms with Crippen molar-refractivity contribution in [2.24, 2.45) is 11.3 Å². The molecule has 0 aromatic heterocycles. The first-order chi connectivity index (χ1) is 12.8. The molecule has 0 saturated heterocycles. The highest BCUT2D eigenvalue weighted by Gasteiger charge is 2.29. The maximum Gasteiger partial charge on any atom is 0.173 e. The van der Waals surface area contributed by atoms with Crippen LogP contribution in [-0.2, 0) is 4.79 Å². The Balaban J connectivity index is 2.96. The Labute approximate surface area is 167 Å². The summed E-state index contributed by atoms with van der Waals surface area (Å²) in [6, 6.07) is 2.64. The van der Waals surface area contributed by atoms with Gasteiger partial charge in [0.15, 0.2) is 5.78 Å². The first-order valence-corrected chi connectivity index (χ1v) is 10.9. The predicted octanol–water partition coefficient (Wildman–Crippen LogP) is 6.46. The highest BCUT2D eigenvalue weighted by Crippen LogP contribution is 2.38. The molecule has 0 spiro atoms. The van der Waals surface area contributed by atoms with Crippen molar-refractivity contribution >= 4 is 5.78 Å². The van der Waals surface area contributed by atoms with Crippen LogP contribution in [0.2, 0.25) is 0 Å². The van der Waals surface area contributed by atoms with E-state index in [4.69, 9.17) is 0 Å². The Morgan fingerprint density at radius 1 is 1.22 bits per heavy atom. The second-order valence-corrected chi connectivity index (χ2v) is 9.03. The molecule has 1 aliphatic rings. The topological polar surface area (TPSA) is 52.9 Å². The number of nitriles is 1. The molecule has 0 saturated carbocycles. The van der Waals surface area contributed by atoms with Crippen LogP contribution in [0, 0.1) is 22.7 Å². The third kappa shape index (κ3) is 7.91. The molecule has 152 valence electrons. The highest BCUT2D eigenvalue weighted by atomic mass is 16.1. The smallest absolute Gasteiger partial charge is 0.173 e. The van der Waals surface area contributed by atoms with E-state index in [0.717, 1.165) is 43.4 Å². The highest BCUT2D eigenvalue weighted by molar-refractivity contribution is 6.00. The molecular weight excluding hydrogens is 332 g/mol. The van der Waals surface area contributed by atoms with Crippen LogP contribution < -0.4 is 5.32 Å². The Bertz CT molecular complexity index is 592. The first kappa shape index (κ1) is 23.5. The van der Waals surface area contributed by atoms with Gasteiger partial charge in [0.2, 0.25) is 0 Å². The fraction of sp³-hybridized carbons (Fsp3) is 0.750. The molecule has 27 heavy (non-hydrogen) atoms. The summed E-state index contributed by atoms with van der Waals surface area (Å²) < 4.78 is 0. The fourth-order valence-electron chi connectivity index (χ4n) is 3.90. The number of allylic oxidation sites excluding steroid dienone is 4. The molecule has 3 nitrogen and oxygen atoms in total. The van der Waals surface area contributed by atoms with Crippen molar-refractivity contribution < 1.29 is 4.79 Å². The van der Waals surface area contributed by atoms with Crippen molar-refractivity contribution in [3.8, 4) is 6.07 Å². The largest absolute Gasteiger partial charge is 0.386 e. The van der Waals surface area contributed by atoms with E-state index < -0.39 is 0 Å². The van der Waals surface area contributed by atoms with E-state index in [-0.39, 0.29) is 11.2 Å². The number of unbranched alkanes of at least 4 members (excludes halogenated alkanes) is 1. The normalized spacial score (nSPS) is 20.3. The lowest BCUT2D eigenvalue weighted by Crippen LogP contribution is -2.30.